The lowest BCUT2D eigenvalue weighted by molar-refractivity contribution is 0.175. The van der Waals surface area contributed by atoms with Gasteiger partial charge >= 0.3 is 10.1 Å². The van der Waals surface area contributed by atoms with E-state index in [9.17, 15) is 13.5 Å². The zero-order chi connectivity index (χ0) is 20.7. The number of nitrogens with one attached hydrogen (secondary N) is 1. The predicted octanol–water partition coefficient (Wildman–Crippen LogP) is 3.63. The molecule has 6 heteroatoms. The molecule has 0 heterocycles. The van der Waals surface area contributed by atoms with Crippen LogP contribution in [-0.4, -0.2) is 26.6 Å². The molecule has 0 saturated carbocycles. The molecule has 0 aliphatic carbocycles. The molecule has 0 bridgehead atoms. The molecule has 0 aromatic heterocycles. The smallest absolute Gasteiger partial charge is 0.339 e. The van der Waals surface area contributed by atoms with E-state index in [0.717, 1.165) is 18.5 Å². The quantitative estimate of drug-likeness (QED) is 0.415. The van der Waals surface area contributed by atoms with Crippen LogP contribution >= 0.6 is 0 Å². The molecule has 0 saturated heterocycles. The third kappa shape index (κ3) is 6.15. The summed E-state index contributed by atoms with van der Waals surface area (Å²) < 4.78 is 29.9. The van der Waals surface area contributed by atoms with Crippen molar-refractivity contribution >= 4 is 10.1 Å². The summed E-state index contributed by atoms with van der Waals surface area (Å²) in [7, 11) is -3.88. The Bertz CT molecular complexity index is 1000. The van der Waals surface area contributed by atoms with Crippen LogP contribution in [0.1, 0.15) is 22.8 Å². The average molecular weight is 412 g/mol. The monoisotopic (exact) mass is 411 g/mol. The lowest BCUT2D eigenvalue weighted by atomic mass is 10.1. The molecule has 0 aliphatic heterocycles. The van der Waals surface area contributed by atoms with E-state index >= 15 is 0 Å². The van der Waals surface area contributed by atoms with Crippen molar-refractivity contribution in [2.24, 2.45) is 0 Å². The lowest BCUT2D eigenvalue weighted by Crippen LogP contribution is -2.23. The molecule has 0 fully saturated rings. The summed E-state index contributed by atoms with van der Waals surface area (Å²) >= 11 is 0. The Labute approximate surface area is 172 Å². The topological polar surface area (TPSA) is 75.6 Å². The molecule has 0 amide bonds. The van der Waals surface area contributed by atoms with E-state index in [4.69, 9.17) is 4.18 Å². The first kappa shape index (κ1) is 21.0. The minimum atomic E-state index is -3.88. The van der Waals surface area contributed by atoms with Gasteiger partial charge in [0.1, 0.15) is 10.6 Å². The third-order valence-electron chi connectivity index (χ3n) is 4.55. The van der Waals surface area contributed by atoms with Crippen molar-refractivity contribution in [3.8, 4) is 5.75 Å². The predicted molar refractivity (Wildman–Crippen MR) is 113 cm³/mol. The van der Waals surface area contributed by atoms with Crippen molar-refractivity contribution in [2.75, 3.05) is 13.1 Å². The van der Waals surface area contributed by atoms with Crippen LogP contribution in [0, 0.1) is 6.92 Å². The molecule has 2 N–H and O–H groups in total. The molecule has 3 aromatic carbocycles. The van der Waals surface area contributed by atoms with Crippen LogP contribution in [0.4, 0.5) is 0 Å². The molecule has 29 heavy (non-hydrogen) atoms. The van der Waals surface area contributed by atoms with E-state index < -0.39 is 16.2 Å². The van der Waals surface area contributed by atoms with Crippen LogP contribution < -0.4 is 9.50 Å². The van der Waals surface area contributed by atoms with Gasteiger partial charge in [0.15, 0.2) is 0 Å². The number of aliphatic hydroxyl groups excluding tert-OH is 1. The molecule has 1 unspecified atom stereocenters. The molecule has 5 nitrogen and oxygen atoms in total. The van der Waals surface area contributed by atoms with Gasteiger partial charge in [-0.2, -0.15) is 8.42 Å². The Balaban J connectivity index is 1.51. The van der Waals surface area contributed by atoms with E-state index in [0.29, 0.717) is 12.1 Å². The zero-order valence-corrected chi connectivity index (χ0v) is 17.1. The van der Waals surface area contributed by atoms with Crippen molar-refractivity contribution < 1.29 is 17.7 Å². The molecular weight excluding hydrogens is 386 g/mol. The second-order valence-corrected chi connectivity index (χ2v) is 8.42. The summed E-state index contributed by atoms with van der Waals surface area (Å²) in [5.74, 6) is 0.207. The van der Waals surface area contributed by atoms with E-state index in [-0.39, 0.29) is 10.6 Å². The van der Waals surface area contributed by atoms with E-state index in [1.54, 1.807) is 36.4 Å². The SMILES string of the molecule is Cc1ccc(S(=O)(=O)Oc2ccc(C(O)CNCCc3ccccc3)cc2)cc1. The highest BCUT2D eigenvalue weighted by molar-refractivity contribution is 7.87. The highest BCUT2D eigenvalue weighted by Gasteiger charge is 2.16. The fourth-order valence-corrected chi connectivity index (χ4v) is 3.79. The number of aliphatic hydroxyl groups is 1. The van der Waals surface area contributed by atoms with Crippen molar-refractivity contribution in [1.29, 1.82) is 0 Å². The van der Waals surface area contributed by atoms with Gasteiger partial charge in [-0.25, -0.2) is 0 Å². The van der Waals surface area contributed by atoms with Gasteiger partial charge < -0.3 is 14.6 Å². The summed E-state index contributed by atoms with van der Waals surface area (Å²) in [6.45, 7) is 3.06. The van der Waals surface area contributed by atoms with Crippen molar-refractivity contribution in [3.63, 3.8) is 0 Å². The van der Waals surface area contributed by atoms with E-state index in [1.165, 1.54) is 17.7 Å². The van der Waals surface area contributed by atoms with Crippen molar-refractivity contribution in [2.45, 2.75) is 24.3 Å². The zero-order valence-electron chi connectivity index (χ0n) is 16.3. The maximum atomic E-state index is 12.3. The summed E-state index contributed by atoms with van der Waals surface area (Å²) in [5.41, 5.74) is 2.91. The number of hydrogen-bond acceptors (Lipinski definition) is 5. The Morgan fingerprint density at radius 2 is 1.59 bits per heavy atom. The lowest BCUT2D eigenvalue weighted by Gasteiger charge is -2.13. The summed E-state index contributed by atoms with van der Waals surface area (Å²) in [4.78, 5) is 0.106. The average Bonchev–Trinajstić information content (AvgIpc) is 2.72. The highest BCUT2D eigenvalue weighted by Crippen LogP contribution is 2.21. The van der Waals surface area contributed by atoms with Gasteiger partial charge in [0.2, 0.25) is 0 Å². The Kier molecular flexibility index (Phi) is 7.04. The van der Waals surface area contributed by atoms with Gasteiger partial charge in [-0.15, -0.1) is 0 Å². The number of hydrogen-bond donors (Lipinski definition) is 2. The minimum Gasteiger partial charge on any atom is -0.387 e. The van der Waals surface area contributed by atoms with Crippen LogP contribution in [0.3, 0.4) is 0 Å². The fraction of sp³-hybridized carbons (Fsp3) is 0.217. The molecule has 0 spiro atoms. The maximum absolute atomic E-state index is 12.3. The second kappa shape index (κ2) is 9.69. The standard InChI is InChI=1S/C23H25NO4S/c1-18-7-13-22(14-8-18)29(26,27)28-21-11-9-20(10-12-21)23(25)17-24-16-15-19-5-3-2-4-6-19/h2-14,23-25H,15-17H2,1H3. The van der Waals surface area contributed by atoms with Gasteiger partial charge in [0.25, 0.3) is 0 Å². The molecule has 3 rings (SSSR count). The molecule has 0 radical (unpaired) electrons. The molecule has 3 aromatic rings. The Morgan fingerprint density at radius 3 is 2.24 bits per heavy atom. The first-order chi connectivity index (χ1) is 13.9. The summed E-state index contributed by atoms with van der Waals surface area (Å²) in [6, 6.07) is 23.1. The van der Waals surface area contributed by atoms with Gasteiger partial charge in [-0.05, 0) is 55.3 Å². The molecule has 152 valence electrons. The van der Waals surface area contributed by atoms with E-state index in [2.05, 4.69) is 17.4 Å². The van der Waals surface area contributed by atoms with Gasteiger partial charge in [-0.1, -0.05) is 60.2 Å². The van der Waals surface area contributed by atoms with Crippen molar-refractivity contribution in [1.82, 2.24) is 5.32 Å². The van der Waals surface area contributed by atoms with Gasteiger partial charge in [0, 0.05) is 6.54 Å². The Morgan fingerprint density at radius 1 is 0.931 bits per heavy atom. The van der Waals surface area contributed by atoms with Crippen LogP contribution in [-0.2, 0) is 16.5 Å². The van der Waals surface area contributed by atoms with E-state index in [1.807, 2.05) is 25.1 Å². The largest absolute Gasteiger partial charge is 0.387 e. The molecule has 0 aliphatic rings. The summed E-state index contributed by atoms with van der Waals surface area (Å²) in [6.07, 6.45) is 0.200. The maximum Gasteiger partial charge on any atom is 0.339 e. The fourth-order valence-electron chi connectivity index (χ4n) is 2.86. The number of rotatable bonds is 9. The minimum absolute atomic E-state index is 0.106. The normalized spacial score (nSPS) is 12.5. The van der Waals surface area contributed by atoms with Crippen LogP contribution in [0.25, 0.3) is 0 Å². The Hall–Kier alpha value is -2.67. The van der Waals surface area contributed by atoms with Gasteiger partial charge in [0.05, 0.1) is 6.10 Å². The van der Waals surface area contributed by atoms with Crippen LogP contribution in [0.15, 0.2) is 83.8 Å². The first-order valence-electron chi connectivity index (χ1n) is 9.48. The highest BCUT2D eigenvalue weighted by atomic mass is 32.2. The van der Waals surface area contributed by atoms with Crippen molar-refractivity contribution in [3.05, 3.63) is 95.6 Å². The third-order valence-corrected chi connectivity index (χ3v) is 5.81. The van der Waals surface area contributed by atoms with Crippen LogP contribution in [0.2, 0.25) is 0 Å². The number of aryl methyl sites for hydroxylation is 1. The van der Waals surface area contributed by atoms with Crippen LogP contribution in [0.5, 0.6) is 5.75 Å². The first-order valence-corrected chi connectivity index (χ1v) is 10.9. The second-order valence-electron chi connectivity index (χ2n) is 6.88. The summed E-state index contributed by atoms with van der Waals surface area (Å²) in [5, 5.41) is 13.6. The molecule has 1 atom stereocenters. The van der Waals surface area contributed by atoms with Gasteiger partial charge in [-0.3, -0.25) is 0 Å². The molecular formula is C23H25NO4S. The number of benzene rings is 3.